The Labute approximate surface area is 175 Å². The van der Waals surface area contributed by atoms with Crippen LogP contribution in [0.5, 0.6) is 0 Å². The number of halogens is 1. The molecule has 1 fully saturated rings. The summed E-state index contributed by atoms with van der Waals surface area (Å²) in [6, 6.07) is 7.55. The lowest BCUT2D eigenvalue weighted by Crippen LogP contribution is -2.46. The van der Waals surface area contributed by atoms with Crippen LogP contribution < -0.4 is 0 Å². The second kappa shape index (κ2) is 11.3. The Morgan fingerprint density at radius 1 is 1.29 bits per heavy atom. The van der Waals surface area contributed by atoms with E-state index in [4.69, 9.17) is 16.3 Å². The summed E-state index contributed by atoms with van der Waals surface area (Å²) in [5.74, 6) is 0.515. The van der Waals surface area contributed by atoms with Gasteiger partial charge in [0.1, 0.15) is 0 Å². The zero-order valence-electron chi connectivity index (χ0n) is 16.4. The summed E-state index contributed by atoms with van der Waals surface area (Å²) in [6.07, 6.45) is 1.22. The summed E-state index contributed by atoms with van der Waals surface area (Å²) in [5.41, 5.74) is 1.06. The van der Waals surface area contributed by atoms with E-state index >= 15 is 0 Å². The molecule has 0 aliphatic carbocycles. The number of hydrogen-bond acceptors (Lipinski definition) is 5. The van der Waals surface area contributed by atoms with E-state index in [9.17, 15) is 14.4 Å². The molecule has 154 valence electrons. The number of thioether (sulfide) groups is 1. The van der Waals surface area contributed by atoms with Crippen molar-refractivity contribution in [2.45, 2.75) is 25.5 Å². The zero-order chi connectivity index (χ0) is 20.5. The van der Waals surface area contributed by atoms with Crippen molar-refractivity contribution in [2.75, 3.05) is 39.0 Å². The van der Waals surface area contributed by atoms with Crippen LogP contribution in [0.25, 0.3) is 0 Å². The number of nitrogens with zero attached hydrogens (tertiary/aromatic N) is 2. The first-order valence-corrected chi connectivity index (χ1v) is 10.9. The van der Waals surface area contributed by atoms with Crippen LogP contribution >= 0.6 is 23.4 Å². The van der Waals surface area contributed by atoms with Crippen LogP contribution in [0.4, 0.5) is 0 Å². The Morgan fingerprint density at radius 2 is 2.00 bits per heavy atom. The number of benzene rings is 1. The van der Waals surface area contributed by atoms with Gasteiger partial charge in [-0.3, -0.25) is 14.4 Å². The SMILES string of the molecule is CCOC(=O)C1CCN(C(=O)CN(C)C(=O)CSCc2cccc(Cl)c2)CC1. The van der Waals surface area contributed by atoms with Crippen LogP contribution in [-0.4, -0.2) is 66.6 Å². The third-order valence-corrected chi connectivity index (χ3v) is 5.87. The Morgan fingerprint density at radius 3 is 2.64 bits per heavy atom. The number of piperidine rings is 1. The highest BCUT2D eigenvalue weighted by atomic mass is 35.5. The van der Waals surface area contributed by atoms with E-state index < -0.39 is 0 Å². The molecular formula is C20H27ClN2O4S. The second-order valence-corrected chi connectivity index (χ2v) is 8.20. The van der Waals surface area contributed by atoms with E-state index in [0.29, 0.717) is 49.1 Å². The number of ether oxygens (including phenoxy) is 1. The van der Waals surface area contributed by atoms with E-state index in [-0.39, 0.29) is 30.2 Å². The standard InChI is InChI=1S/C20H27ClN2O4S/c1-3-27-20(26)16-7-9-23(10-8-16)18(24)12-22(2)19(25)14-28-13-15-5-4-6-17(21)11-15/h4-6,11,16H,3,7-10,12-14H2,1-2H3. The van der Waals surface area contributed by atoms with Gasteiger partial charge in [-0.2, -0.15) is 0 Å². The fourth-order valence-corrected chi connectivity index (χ4v) is 4.13. The Bertz CT molecular complexity index is 693. The minimum atomic E-state index is -0.182. The molecule has 28 heavy (non-hydrogen) atoms. The molecule has 0 unspecified atom stereocenters. The highest BCUT2D eigenvalue weighted by Gasteiger charge is 2.28. The molecule has 2 amide bonds. The summed E-state index contributed by atoms with van der Waals surface area (Å²) in [4.78, 5) is 39.7. The van der Waals surface area contributed by atoms with Gasteiger partial charge in [-0.1, -0.05) is 23.7 Å². The highest BCUT2D eigenvalue weighted by molar-refractivity contribution is 7.99. The van der Waals surface area contributed by atoms with Gasteiger partial charge < -0.3 is 14.5 Å². The predicted molar refractivity (Wildman–Crippen MR) is 111 cm³/mol. The maximum atomic E-state index is 12.4. The molecule has 0 saturated carbocycles. The van der Waals surface area contributed by atoms with Gasteiger partial charge in [0.2, 0.25) is 11.8 Å². The number of amides is 2. The van der Waals surface area contributed by atoms with Crippen molar-refractivity contribution in [1.29, 1.82) is 0 Å². The van der Waals surface area contributed by atoms with Crippen molar-refractivity contribution in [3.63, 3.8) is 0 Å². The van der Waals surface area contributed by atoms with E-state index in [0.717, 1.165) is 5.56 Å². The highest BCUT2D eigenvalue weighted by Crippen LogP contribution is 2.19. The fourth-order valence-electron chi connectivity index (χ4n) is 3.01. The Kier molecular flexibility index (Phi) is 9.12. The lowest BCUT2D eigenvalue weighted by molar-refractivity contribution is -0.151. The largest absolute Gasteiger partial charge is 0.466 e. The van der Waals surface area contributed by atoms with Crippen molar-refractivity contribution >= 4 is 41.1 Å². The number of carbonyl (C=O) groups is 3. The summed E-state index contributed by atoms with van der Waals surface area (Å²) in [7, 11) is 1.64. The van der Waals surface area contributed by atoms with Crippen molar-refractivity contribution in [3.8, 4) is 0 Å². The van der Waals surface area contributed by atoms with Crippen molar-refractivity contribution in [1.82, 2.24) is 9.80 Å². The van der Waals surface area contributed by atoms with Gasteiger partial charge in [0.05, 0.1) is 24.8 Å². The molecule has 1 aromatic carbocycles. The molecule has 1 saturated heterocycles. The number of likely N-dealkylation sites (N-methyl/N-ethyl adjacent to an activating group) is 1. The molecule has 1 aliphatic heterocycles. The van der Waals surface area contributed by atoms with E-state index in [1.54, 1.807) is 18.9 Å². The molecule has 0 spiro atoms. The van der Waals surface area contributed by atoms with Crippen LogP contribution in [0.2, 0.25) is 5.02 Å². The maximum absolute atomic E-state index is 12.4. The smallest absolute Gasteiger partial charge is 0.309 e. The van der Waals surface area contributed by atoms with Crippen molar-refractivity contribution in [2.24, 2.45) is 5.92 Å². The third kappa shape index (κ3) is 7.02. The maximum Gasteiger partial charge on any atom is 0.309 e. The zero-order valence-corrected chi connectivity index (χ0v) is 17.9. The van der Waals surface area contributed by atoms with Crippen LogP contribution in [-0.2, 0) is 24.9 Å². The summed E-state index contributed by atoms with van der Waals surface area (Å²) in [6.45, 7) is 3.26. The fraction of sp³-hybridized carbons (Fsp3) is 0.550. The Balaban J connectivity index is 1.70. The number of carbonyl (C=O) groups excluding carboxylic acids is 3. The van der Waals surface area contributed by atoms with Gasteiger partial charge >= 0.3 is 5.97 Å². The predicted octanol–water partition coefficient (Wildman–Crippen LogP) is 2.83. The molecule has 1 aromatic rings. The minimum Gasteiger partial charge on any atom is -0.466 e. The first-order valence-electron chi connectivity index (χ1n) is 9.41. The molecule has 2 rings (SSSR count). The van der Waals surface area contributed by atoms with Crippen LogP contribution in [0.15, 0.2) is 24.3 Å². The van der Waals surface area contributed by atoms with Gasteiger partial charge in [-0.25, -0.2) is 0 Å². The Hall–Kier alpha value is -1.73. The van der Waals surface area contributed by atoms with Crippen molar-refractivity contribution < 1.29 is 19.1 Å². The first-order chi connectivity index (χ1) is 13.4. The molecule has 0 aromatic heterocycles. The number of esters is 1. The van der Waals surface area contributed by atoms with Crippen LogP contribution in [0.3, 0.4) is 0 Å². The molecule has 1 aliphatic rings. The van der Waals surface area contributed by atoms with E-state index in [1.807, 2.05) is 24.3 Å². The molecule has 0 bridgehead atoms. The average Bonchev–Trinajstić information content (AvgIpc) is 2.68. The molecule has 1 heterocycles. The number of hydrogen-bond donors (Lipinski definition) is 0. The number of likely N-dealkylation sites (tertiary alicyclic amines) is 1. The normalized spacial score (nSPS) is 14.6. The van der Waals surface area contributed by atoms with Gasteiger partial charge in [-0.05, 0) is 37.5 Å². The summed E-state index contributed by atoms with van der Waals surface area (Å²) < 4.78 is 5.04. The molecule has 0 radical (unpaired) electrons. The minimum absolute atomic E-state index is 0.0562. The monoisotopic (exact) mass is 426 g/mol. The van der Waals surface area contributed by atoms with Gasteiger partial charge in [0.25, 0.3) is 0 Å². The molecule has 8 heteroatoms. The topological polar surface area (TPSA) is 66.9 Å². The quantitative estimate of drug-likeness (QED) is 0.598. The van der Waals surface area contributed by atoms with Crippen molar-refractivity contribution in [3.05, 3.63) is 34.9 Å². The lowest BCUT2D eigenvalue weighted by atomic mass is 9.97. The summed E-state index contributed by atoms with van der Waals surface area (Å²) in [5, 5.41) is 0.680. The second-order valence-electron chi connectivity index (χ2n) is 6.78. The molecular weight excluding hydrogens is 400 g/mol. The van der Waals surface area contributed by atoms with E-state index in [2.05, 4.69) is 0 Å². The summed E-state index contributed by atoms with van der Waals surface area (Å²) >= 11 is 7.45. The number of rotatable bonds is 8. The first kappa shape index (κ1) is 22.6. The van der Waals surface area contributed by atoms with Crippen LogP contribution in [0.1, 0.15) is 25.3 Å². The van der Waals surface area contributed by atoms with Gasteiger partial charge in [-0.15, -0.1) is 11.8 Å². The van der Waals surface area contributed by atoms with Gasteiger partial charge in [0, 0.05) is 30.9 Å². The van der Waals surface area contributed by atoms with Crippen LogP contribution in [0, 0.1) is 5.92 Å². The molecule has 0 N–H and O–H groups in total. The average molecular weight is 427 g/mol. The lowest BCUT2D eigenvalue weighted by Gasteiger charge is -2.32. The molecule has 6 nitrogen and oxygen atoms in total. The molecule has 0 atom stereocenters. The third-order valence-electron chi connectivity index (χ3n) is 4.65. The van der Waals surface area contributed by atoms with Gasteiger partial charge in [0.15, 0.2) is 0 Å². The van der Waals surface area contributed by atoms with E-state index in [1.165, 1.54) is 16.7 Å².